The maximum absolute atomic E-state index is 13.9. The Kier molecular flexibility index (Phi) is 4.53. The number of hydrogen-bond donors (Lipinski definition) is 0. The molecule has 1 saturated heterocycles. The molecule has 0 bridgehead atoms. The summed E-state index contributed by atoms with van der Waals surface area (Å²) < 4.78 is -0.198. The van der Waals surface area contributed by atoms with Gasteiger partial charge in [-0.15, -0.1) is 11.8 Å². The molecule has 1 atom stereocenters. The number of nitrogens with zero attached hydrogens (tertiary/aromatic N) is 2. The van der Waals surface area contributed by atoms with Gasteiger partial charge in [0.1, 0.15) is 0 Å². The Balaban J connectivity index is 1.85. The minimum absolute atomic E-state index is 0.0119. The molecule has 0 aliphatic carbocycles. The SMILES string of the molecule is CC(C)C(=O)N1CC(C)(C)SC12C(=O)N(Cc1ccccc1)c1ccccc12. The molecule has 1 fully saturated rings. The molecule has 28 heavy (non-hydrogen) atoms. The van der Waals surface area contributed by atoms with Crippen molar-refractivity contribution in [3.8, 4) is 0 Å². The summed E-state index contributed by atoms with van der Waals surface area (Å²) in [7, 11) is 0. The molecule has 0 saturated carbocycles. The molecule has 2 aliphatic heterocycles. The first-order valence-electron chi connectivity index (χ1n) is 9.73. The Bertz CT molecular complexity index is 925. The van der Waals surface area contributed by atoms with Crippen molar-refractivity contribution in [3.63, 3.8) is 0 Å². The van der Waals surface area contributed by atoms with Crippen molar-refractivity contribution in [2.24, 2.45) is 5.92 Å². The number of thioether (sulfide) groups is 1. The summed E-state index contributed by atoms with van der Waals surface area (Å²) in [5.74, 6) is -0.139. The number of amides is 2. The van der Waals surface area contributed by atoms with Crippen LogP contribution < -0.4 is 4.90 Å². The number of hydrogen-bond acceptors (Lipinski definition) is 3. The third-order valence-electron chi connectivity index (χ3n) is 5.38. The van der Waals surface area contributed by atoms with E-state index >= 15 is 0 Å². The Labute approximate surface area is 170 Å². The predicted octanol–water partition coefficient (Wildman–Crippen LogP) is 4.40. The highest BCUT2D eigenvalue weighted by Gasteiger charge is 2.63. The Morgan fingerprint density at radius 2 is 1.71 bits per heavy atom. The fourth-order valence-corrected chi connectivity index (χ4v) is 5.95. The molecule has 2 aromatic carbocycles. The van der Waals surface area contributed by atoms with Crippen LogP contribution in [0.5, 0.6) is 0 Å². The molecule has 2 aromatic rings. The quantitative estimate of drug-likeness (QED) is 0.775. The molecule has 4 nitrogen and oxygen atoms in total. The van der Waals surface area contributed by atoms with Gasteiger partial charge in [-0.3, -0.25) is 9.59 Å². The third kappa shape index (κ3) is 2.84. The molecule has 2 amide bonds. The van der Waals surface area contributed by atoms with E-state index < -0.39 is 4.87 Å². The van der Waals surface area contributed by atoms with Crippen LogP contribution in [0.15, 0.2) is 54.6 Å². The van der Waals surface area contributed by atoms with E-state index in [1.165, 1.54) is 0 Å². The average molecular weight is 395 g/mol. The summed E-state index contributed by atoms with van der Waals surface area (Å²) in [6.45, 7) is 9.10. The van der Waals surface area contributed by atoms with Crippen molar-refractivity contribution in [2.75, 3.05) is 11.4 Å². The van der Waals surface area contributed by atoms with Gasteiger partial charge in [-0.1, -0.05) is 62.4 Å². The van der Waals surface area contributed by atoms with Gasteiger partial charge in [-0.2, -0.15) is 0 Å². The molecule has 0 aromatic heterocycles. The van der Waals surface area contributed by atoms with Crippen molar-refractivity contribution >= 4 is 29.3 Å². The van der Waals surface area contributed by atoms with E-state index in [1.807, 2.05) is 78.2 Å². The zero-order chi connectivity index (χ0) is 20.1. The Morgan fingerprint density at radius 1 is 1.07 bits per heavy atom. The van der Waals surface area contributed by atoms with E-state index in [1.54, 1.807) is 11.8 Å². The van der Waals surface area contributed by atoms with E-state index in [2.05, 4.69) is 13.8 Å². The zero-order valence-electron chi connectivity index (χ0n) is 16.8. The maximum Gasteiger partial charge on any atom is 0.268 e. The van der Waals surface area contributed by atoms with Crippen LogP contribution in [-0.4, -0.2) is 28.0 Å². The van der Waals surface area contributed by atoms with E-state index in [0.717, 1.165) is 16.8 Å². The van der Waals surface area contributed by atoms with Crippen molar-refractivity contribution in [1.82, 2.24) is 4.90 Å². The number of carbonyl (C=O) groups excluding carboxylic acids is 2. The second kappa shape index (κ2) is 6.66. The molecule has 5 heteroatoms. The number of anilines is 1. The summed E-state index contributed by atoms with van der Waals surface area (Å²) in [4.78, 5) is 29.8. The molecule has 1 unspecified atom stereocenters. The smallest absolute Gasteiger partial charge is 0.268 e. The highest BCUT2D eigenvalue weighted by molar-refractivity contribution is 8.02. The average Bonchev–Trinajstić information content (AvgIpc) is 3.09. The minimum Gasteiger partial charge on any atom is -0.314 e. The van der Waals surface area contributed by atoms with Gasteiger partial charge in [0.25, 0.3) is 5.91 Å². The van der Waals surface area contributed by atoms with Crippen molar-refractivity contribution in [3.05, 3.63) is 65.7 Å². The molecule has 1 spiro atoms. The molecule has 4 rings (SSSR count). The third-order valence-corrected chi connectivity index (χ3v) is 6.97. The molecular weight excluding hydrogens is 368 g/mol. The minimum atomic E-state index is -0.976. The van der Waals surface area contributed by atoms with Crippen LogP contribution in [0.3, 0.4) is 0 Å². The molecule has 146 valence electrons. The highest BCUT2D eigenvalue weighted by atomic mass is 32.2. The summed E-state index contributed by atoms with van der Waals surface area (Å²) in [6, 6.07) is 17.9. The van der Waals surface area contributed by atoms with E-state index in [-0.39, 0.29) is 22.5 Å². The monoisotopic (exact) mass is 394 g/mol. The standard InChI is InChI=1S/C23H26N2O2S/c1-16(2)20(26)25-15-22(3,4)28-23(25)18-12-8-9-13-19(18)24(21(23)27)14-17-10-6-5-7-11-17/h5-13,16H,14-15H2,1-4H3. The first-order valence-corrected chi connectivity index (χ1v) is 10.5. The topological polar surface area (TPSA) is 40.6 Å². The fraction of sp³-hybridized carbons (Fsp3) is 0.391. The molecule has 2 heterocycles. The largest absolute Gasteiger partial charge is 0.314 e. The lowest BCUT2D eigenvalue weighted by molar-refractivity contribution is -0.143. The van der Waals surface area contributed by atoms with Crippen LogP contribution in [0.1, 0.15) is 38.8 Å². The maximum atomic E-state index is 13.9. The second-order valence-corrected chi connectivity index (χ2v) is 10.4. The summed E-state index contributed by atoms with van der Waals surface area (Å²) in [5, 5.41) is 0. The van der Waals surface area contributed by atoms with Crippen molar-refractivity contribution in [1.29, 1.82) is 0 Å². The Morgan fingerprint density at radius 3 is 2.39 bits per heavy atom. The van der Waals surface area contributed by atoms with E-state index in [0.29, 0.717) is 13.1 Å². The lowest BCUT2D eigenvalue weighted by atomic mass is 10.0. The van der Waals surface area contributed by atoms with Gasteiger partial charge in [-0.05, 0) is 25.5 Å². The molecule has 0 radical (unpaired) electrons. The van der Waals surface area contributed by atoms with Gasteiger partial charge >= 0.3 is 0 Å². The van der Waals surface area contributed by atoms with Crippen LogP contribution in [0.2, 0.25) is 0 Å². The number of para-hydroxylation sites is 1. The first-order chi connectivity index (χ1) is 13.3. The van der Waals surface area contributed by atoms with Crippen molar-refractivity contribution in [2.45, 2.75) is 43.9 Å². The molecule has 0 N–H and O–H groups in total. The number of rotatable bonds is 3. The number of fused-ring (bicyclic) bond motifs is 2. The predicted molar refractivity (Wildman–Crippen MR) is 114 cm³/mol. The highest BCUT2D eigenvalue weighted by Crippen LogP contribution is 2.59. The van der Waals surface area contributed by atoms with Crippen molar-refractivity contribution < 1.29 is 9.59 Å². The van der Waals surface area contributed by atoms with E-state index in [9.17, 15) is 9.59 Å². The zero-order valence-corrected chi connectivity index (χ0v) is 17.6. The van der Waals surface area contributed by atoms with Gasteiger partial charge in [0.15, 0.2) is 4.87 Å². The normalized spacial score (nSPS) is 23.0. The van der Waals surface area contributed by atoms with Gasteiger partial charge < -0.3 is 9.80 Å². The van der Waals surface area contributed by atoms with Gasteiger partial charge in [0, 0.05) is 22.8 Å². The number of carbonyl (C=O) groups is 2. The van der Waals surface area contributed by atoms with Crippen LogP contribution in [-0.2, 0) is 21.0 Å². The van der Waals surface area contributed by atoms with Crippen LogP contribution in [0, 0.1) is 5.92 Å². The lowest BCUT2D eigenvalue weighted by Crippen LogP contribution is -2.51. The first kappa shape index (κ1) is 19.1. The fourth-order valence-electron chi connectivity index (χ4n) is 4.21. The number of benzene rings is 2. The van der Waals surface area contributed by atoms with E-state index in [4.69, 9.17) is 0 Å². The lowest BCUT2D eigenvalue weighted by Gasteiger charge is -2.34. The van der Waals surface area contributed by atoms with Gasteiger partial charge in [-0.25, -0.2) is 0 Å². The van der Waals surface area contributed by atoms with Gasteiger partial charge in [0.2, 0.25) is 5.91 Å². The second-order valence-electron chi connectivity index (χ2n) is 8.48. The van der Waals surface area contributed by atoms with Crippen LogP contribution in [0.4, 0.5) is 5.69 Å². The van der Waals surface area contributed by atoms with Crippen LogP contribution >= 0.6 is 11.8 Å². The molecule has 2 aliphatic rings. The summed E-state index contributed by atoms with van der Waals surface area (Å²) in [5.41, 5.74) is 2.91. The molecular formula is C23H26N2O2S. The summed E-state index contributed by atoms with van der Waals surface area (Å²) >= 11 is 1.61. The van der Waals surface area contributed by atoms with Crippen LogP contribution in [0.25, 0.3) is 0 Å². The van der Waals surface area contributed by atoms with Gasteiger partial charge in [0.05, 0.1) is 12.2 Å². The summed E-state index contributed by atoms with van der Waals surface area (Å²) in [6.07, 6.45) is 0. The Hall–Kier alpha value is -2.27.